The average Bonchev–Trinajstić information content (AvgIpc) is 3.19. The van der Waals surface area contributed by atoms with Crippen LogP contribution in [0.1, 0.15) is 43.7 Å². The lowest BCUT2D eigenvalue weighted by Gasteiger charge is -2.31. The van der Waals surface area contributed by atoms with Crippen LogP contribution in [0.2, 0.25) is 0 Å². The summed E-state index contributed by atoms with van der Waals surface area (Å²) in [7, 11) is -3.52. The van der Waals surface area contributed by atoms with E-state index in [1.54, 1.807) is 17.5 Å². The number of nitrogens with one attached hydrogen (secondary N) is 1. The van der Waals surface area contributed by atoms with Crippen LogP contribution in [-0.4, -0.2) is 31.7 Å². The van der Waals surface area contributed by atoms with Gasteiger partial charge in [0.05, 0.1) is 5.92 Å². The number of amides is 1. The van der Waals surface area contributed by atoms with Crippen LogP contribution in [0.25, 0.3) is 0 Å². The molecule has 27 heavy (non-hydrogen) atoms. The predicted octanol–water partition coefficient (Wildman–Crippen LogP) is 4.22. The van der Waals surface area contributed by atoms with E-state index in [0.717, 1.165) is 16.8 Å². The minimum atomic E-state index is -3.52. The highest BCUT2D eigenvalue weighted by molar-refractivity contribution is 7.91. The second-order valence-electron chi connectivity index (χ2n) is 7.32. The molecular formula is C20H26N2O3S2. The van der Waals surface area contributed by atoms with Gasteiger partial charge in [-0.1, -0.05) is 38.1 Å². The number of nitrogens with zero attached hydrogens (tertiary/aromatic N) is 1. The van der Waals surface area contributed by atoms with Gasteiger partial charge < -0.3 is 5.32 Å². The summed E-state index contributed by atoms with van der Waals surface area (Å²) < 4.78 is 27.3. The molecule has 0 saturated carbocycles. The maximum atomic E-state index is 12.9. The number of hydrogen-bond donors (Lipinski definition) is 1. The van der Waals surface area contributed by atoms with Crippen molar-refractivity contribution in [3.8, 4) is 0 Å². The van der Waals surface area contributed by atoms with Gasteiger partial charge in [-0.3, -0.25) is 4.79 Å². The smallest absolute Gasteiger partial charge is 0.252 e. The Balaban J connectivity index is 1.77. The van der Waals surface area contributed by atoms with E-state index in [9.17, 15) is 13.2 Å². The number of thiophene rings is 1. The van der Waals surface area contributed by atoms with E-state index in [4.69, 9.17) is 0 Å². The van der Waals surface area contributed by atoms with Crippen molar-refractivity contribution in [3.05, 3.63) is 46.8 Å². The van der Waals surface area contributed by atoms with Crippen LogP contribution >= 0.6 is 11.3 Å². The molecule has 5 nitrogen and oxygen atoms in total. The highest BCUT2D eigenvalue weighted by Gasteiger charge is 2.34. The summed E-state index contributed by atoms with van der Waals surface area (Å²) in [6, 6.07) is 9.36. The fourth-order valence-corrected chi connectivity index (χ4v) is 6.15. The number of anilines is 1. The number of para-hydroxylation sites is 1. The van der Waals surface area contributed by atoms with Crippen LogP contribution in [-0.2, 0) is 14.8 Å². The Morgan fingerprint density at radius 1 is 1.26 bits per heavy atom. The van der Waals surface area contributed by atoms with Crippen molar-refractivity contribution >= 4 is 33.0 Å². The molecule has 1 atom stereocenters. The van der Waals surface area contributed by atoms with Gasteiger partial charge in [0.1, 0.15) is 4.21 Å². The van der Waals surface area contributed by atoms with E-state index in [1.807, 2.05) is 25.1 Å². The predicted molar refractivity (Wildman–Crippen MR) is 110 cm³/mol. The zero-order valence-electron chi connectivity index (χ0n) is 15.9. The number of rotatable bonds is 5. The van der Waals surface area contributed by atoms with Crippen LogP contribution in [0.15, 0.2) is 39.9 Å². The Bertz CT molecular complexity index is 905. The number of carbonyl (C=O) groups is 1. The van der Waals surface area contributed by atoms with Crippen LogP contribution in [0.3, 0.4) is 0 Å². The molecule has 1 aromatic carbocycles. The highest BCUT2D eigenvalue weighted by Crippen LogP contribution is 2.30. The van der Waals surface area contributed by atoms with Crippen molar-refractivity contribution in [2.24, 2.45) is 5.92 Å². The Hall–Kier alpha value is -1.70. The zero-order valence-corrected chi connectivity index (χ0v) is 17.6. The fraction of sp³-hybridized carbons (Fsp3) is 0.450. The average molecular weight is 407 g/mol. The van der Waals surface area contributed by atoms with Gasteiger partial charge in [-0.25, -0.2) is 8.42 Å². The third-order valence-electron chi connectivity index (χ3n) is 5.02. The van der Waals surface area contributed by atoms with Crippen molar-refractivity contribution < 1.29 is 13.2 Å². The van der Waals surface area contributed by atoms with Crippen LogP contribution in [0.5, 0.6) is 0 Å². The maximum Gasteiger partial charge on any atom is 0.252 e. The summed E-state index contributed by atoms with van der Waals surface area (Å²) in [5.74, 6) is -0.146. The molecular weight excluding hydrogens is 380 g/mol. The molecule has 1 unspecified atom stereocenters. The molecule has 7 heteroatoms. The van der Waals surface area contributed by atoms with Gasteiger partial charge in [-0.05, 0) is 48.3 Å². The Labute approximate surface area is 165 Å². The molecule has 3 rings (SSSR count). The number of hydrogen-bond acceptors (Lipinski definition) is 4. The van der Waals surface area contributed by atoms with Crippen molar-refractivity contribution in [3.63, 3.8) is 0 Å². The normalized spacial score (nSPS) is 18.6. The molecule has 0 aliphatic carbocycles. The maximum absolute atomic E-state index is 12.9. The number of aryl methyl sites for hydroxylation is 1. The topological polar surface area (TPSA) is 66.5 Å². The standard InChI is InChI=1S/C20H26N2O3S2/c1-14(2)17-9-4-7-15(3)19(17)21-20(23)16-8-5-11-22(13-16)27(24,25)18-10-6-12-26-18/h4,6-7,9-10,12,14,16H,5,8,11,13H2,1-3H3,(H,21,23). The molecule has 1 aliphatic heterocycles. The van der Waals surface area contributed by atoms with Gasteiger partial charge in [-0.15, -0.1) is 11.3 Å². The van der Waals surface area contributed by atoms with E-state index in [-0.39, 0.29) is 18.4 Å². The van der Waals surface area contributed by atoms with Crippen LogP contribution < -0.4 is 5.32 Å². The molecule has 2 aromatic rings. The van der Waals surface area contributed by atoms with Crippen molar-refractivity contribution in [2.45, 2.75) is 43.7 Å². The fourth-order valence-electron chi connectivity index (χ4n) is 3.48. The molecule has 146 valence electrons. The molecule has 1 amide bonds. The quantitative estimate of drug-likeness (QED) is 0.808. The molecule has 0 spiro atoms. The number of sulfonamides is 1. The summed E-state index contributed by atoms with van der Waals surface area (Å²) in [5.41, 5.74) is 2.98. The number of piperidine rings is 1. The third-order valence-corrected chi connectivity index (χ3v) is 8.26. The Kier molecular flexibility index (Phi) is 6.03. The van der Waals surface area contributed by atoms with Gasteiger partial charge in [0.15, 0.2) is 0 Å². The van der Waals surface area contributed by atoms with E-state index in [1.165, 1.54) is 15.6 Å². The first-order chi connectivity index (χ1) is 12.8. The Morgan fingerprint density at radius 3 is 2.70 bits per heavy atom. The van der Waals surface area contributed by atoms with E-state index < -0.39 is 10.0 Å². The third kappa shape index (κ3) is 4.25. The van der Waals surface area contributed by atoms with Crippen molar-refractivity contribution in [1.82, 2.24) is 4.31 Å². The monoisotopic (exact) mass is 406 g/mol. The molecule has 1 aromatic heterocycles. The second-order valence-corrected chi connectivity index (χ2v) is 10.4. The molecule has 1 aliphatic rings. The molecule has 1 saturated heterocycles. The first-order valence-corrected chi connectivity index (χ1v) is 11.6. The minimum absolute atomic E-state index is 0.0997. The number of carbonyl (C=O) groups excluding carboxylic acids is 1. The summed E-state index contributed by atoms with van der Waals surface area (Å²) >= 11 is 1.21. The molecule has 0 bridgehead atoms. The first-order valence-electron chi connectivity index (χ1n) is 9.24. The van der Waals surface area contributed by atoms with Gasteiger partial charge in [0.2, 0.25) is 5.91 Å². The van der Waals surface area contributed by atoms with Crippen LogP contribution in [0.4, 0.5) is 5.69 Å². The van der Waals surface area contributed by atoms with E-state index in [0.29, 0.717) is 29.5 Å². The van der Waals surface area contributed by atoms with Crippen molar-refractivity contribution in [2.75, 3.05) is 18.4 Å². The number of benzene rings is 1. The van der Waals surface area contributed by atoms with Crippen LogP contribution in [0, 0.1) is 12.8 Å². The highest BCUT2D eigenvalue weighted by atomic mass is 32.2. The summed E-state index contributed by atoms with van der Waals surface area (Å²) in [6.45, 7) is 6.87. The van der Waals surface area contributed by atoms with E-state index in [2.05, 4.69) is 19.2 Å². The molecule has 0 radical (unpaired) electrons. The van der Waals surface area contributed by atoms with Crippen molar-refractivity contribution in [1.29, 1.82) is 0 Å². The lowest BCUT2D eigenvalue weighted by atomic mass is 9.95. The summed E-state index contributed by atoms with van der Waals surface area (Å²) in [4.78, 5) is 12.9. The zero-order chi connectivity index (χ0) is 19.6. The first kappa shape index (κ1) is 20.0. The largest absolute Gasteiger partial charge is 0.325 e. The summed E-state index contributed by atoms with van der Waals surface area (Å²) in [6.07, 6.45) is 1.39. The van der Waals surface area contributed by atoms with Gasteiger partial charge in [0.25, 0.3) is 10.0 Å². The van der Waals surface area contributed by atoms with Gasteiger partial charge >= 0.3 is 0 Å². The molecule has 2 heterocycles. The van der Waals surface area contributed by atoms with Gasteiger partial charge in [0, 0.05) is 18.8 Å². The lowest BCUT2D eigenvalue weighted by Crippen LogP contribution is -2.43. The minimum Gasteiger partial charge on any atom is -0.325 e. The van der Waals surface area contributed by atoms with Gasteiger partial charge in [-0.2, -0.15) is 4.31 Å². The molecule has 1 fully saturated rings. The molecule has 1 N–H and O–H groups in total. The summed E-state index contributed by atoms with van der Waals surface area (Å²) in [5, 5.41) is 4.84. The van der Waals surface area contributed by atoms with E-state index >= 15 is 0 Å². The second kappa shape index (κ2) is 8.12. The Morgan fingerprint density at radius 2 is 2.04 bits per heavy atom. The lowest BCUT2D eigenvalue weighted by molar-refractivity contribution is -0.120. The SMILES string of the molecule is Cc1cccc(C(C)C)c1NC(=O)C1CCCN(S(=O)(=O)c2cccs2)C1.